The SMILES string of the molecule is CC(C)[C@H](O)[C@@H]([NH3+])C1(c2ccc(Cl)cc2)CCC1.[Cl-]. The number of hydrogen-bond acceptors (Lipinski definition) is 1. The van der Waals surface area contributed by atoms with Crippen LogP contribution in [0, 0.1) is 5.92 Å². The summed E-state index contributed by atoms with van der Waals surface area (Å²) in [6.45, 7) is 4.11. The second kappa shape index (κ2) is 6.45. The van der Waals surface area contributed by atoms with Gasteiger partial charge in [0.15, 0.2) is 0 Å². The van der Waals surface area contributed by atoms with Crippen LogP contribution in [0.3, 0.4) is 0 Å². The lowest BCUT2D eigenvalue weighted by Gasteiger charge is -2.46. The number of aliphatic hydroxyl groups is 1. The molecule has 1 aliphatic carbocycles. The molecule has 4 heteroatoms. The van der Waals surface area contributed by atoms with Crippen molar-refractivity contribution in [3.05, 3.63) is 34.9 Å². The van der Waals surface area contributed by atoms with Crippen molar-refractivity contribution < 1.29 is 23.2 Å². The number of hydrogen-bond donors (Lipinski definition) is 2. The van der Waals surface area contributed by atoms with E-state index < -0.39 is 0 Å². The lowest BCUT2D eigenvalue weighted by Crippen LogP contribution is -3.00. The van der Waals surface area contributed by atoms with Crippen LogP contribution in [0.15, 0.2) is 24.3 Å². The molecule has 0 aromatic heterocycles. The number of halogens is 2. The first-order valence-corrected chi connectivity index (χ1v) is 7.12. The van der Waals surface area contributed by atoms with Gasteiger partial charge in [-0.05, 0) is 36.5 Å². The third-order valence-corrected chi connectivity index (χ3v) is 4.72. The first-order valence-electron chi connectivity index (χ1n) is 6.74. The second-order valence-electron chi connectivity index (χ2n) is 5.86. The fraction of sp³-hybridized carbons (Fsp3) is 0.600. The third-order valence-electron chi connectivity index (χ3n) is 4.47. The fourth-order valence-electron chi connectivity index (χ4n) is 3.00. The highest BCUT2D eigenvalue weighted by atomic mass is 35.5. The summed E-state index contributed by atoms with van der Waals surface area (Å²) < 4.78 is 0. The highest BCUT2D eigenvalue weighted by Gasteiger charge is 2.49. The van der Waals surface area contributed by atoms with Crippen LogP contribution in [0.25, 0.3) is 0 Å². The van der Waals surface area contributed by atoms with Crippen molar-refractivity contribution in [1.82, 2.24) is 0 Å². The van der Waals surface area contributed by atoms with Gasteiger partial charge < -0.3 is 23.2 Å². The minimum absolute atomic E-state index is 0. The zero-order chi connectivity index (χ0) is 13.3. The summed E-state index contributed by atoms with van der Waals surface area (Å²) in [4.78, 5) is 0. The molecule has 2 atom stereocenters. The molecule has 1 aliphatic rings. The van der Waals surface area contributed by atoms with Crippen molar-refractivity contribution in [3.8, 4) is 0 Å². The Balaban J connectivity index is 0.00000180. The Kier molecular flexibility index (Phi) is 5.69. The van der Waals surface area contributed by atoms with E-state index in [1.165, 1.54) is 12.0 Å². The molecule has 0 bridgehead atoms. The van der Waals surface area contributed by atoms with Gasteiger partial charge in [0.05, 0.1) is 0 Å². The molecular formula is C15H23Cl2NO. The highest BCUT2D eigenvalue weighted by Crippen LogP contribution is 2.46. The molecule has 0 radical (unpaired) electrons. The van der Waals surface area contributed by atoms with Crippen molar-refractivity contribution >= 4 is 11.6 Å². The number of aliphatic hydroxyl groups excluding tert-OH is 1. The minimum atomic E-state index is -0.346. The molecule has 0 spiro atoms. The standard InChI is InChI=1S/C15H22ClNO.ClH/c1-10(2)13(18)14(17)15(8-3-9-15)11-4-6-12(16)7-5-11;/h4-7,10,13-14,18H,3,8-9,17H2,1-2H3;1H/t13-,14+;/m0./s1. The number of benzene rings is 1. The first kappa shape index (κ1) is 16.8. The minimum Gasteiger partial charge on any atom is -1.00 e. The Morgan fingerprint density at radius 2 is 1.74 bits per heavy atom. The van der Waals surface area contributed by atoms with Crippen LogP contribution < -0.4 is 18.1 Å². The van der Waals surface area contributed by atoms with Crippen molar-refractivity contribution in [1.29, 1.82) is 0 Å². The molecule has 4 N–H and O–H groups in total. The molecule has 0 aliphatic heterocycles. The predicted octanol–water partition coefficient (Wildman–Crippen LogP) is -0.607. The molecule has 108 valence electrons. The van der Waals surface area contributed by atoms with Gasteiger partial charge in [0.2, 0.25) is 0 Å². The molecule has 0 unspecified atom stereocenters. The lowest BCUT2D eigenvalue weighted by molar-refractivity contribution is -0.463. The Hall–Kier alpha value is -0.280. The smallest absolute Gasteiger partial charge is 0.121 e. The fourth-order valence-corrected chi connectivity index (χ4v) is 3.13. The molecule has 1 aromatic rings. The quantitative estimate of drug-likeness (QED) is 0.766. The van der Waals surface area contributed by atoms with Crippen LogP contribution in [0.2, 0.25) is 5.02 Å². The van der Waals surface area contributed by atoms with Gasteiger partial charge in [0.25, 0.3) is 0 Å². The largest absolute Gasteiger partial charge is 1.00 e. The van der Waals surface area contributed by atoms with Crippen LogP contribution in [0.4, 0.5) is 0 Å². The zero-order valence-corrected chi connectivity index (χ0v) is 13.1. The van der Waals surface area contributed by atoms with E-state index in [1.807, 2.05) is 12.1 Å². The molecule has 19 heavy (non-hydrogen) atoms. The van der Waals surface area contributed by atoms with E-state index in [1.54, 1.807) is 0 Å². The second-order valence-corrected chi connectivity index (χ2v) is 6.29. The molecular weight excluding hydrogens is 281 g/mol. The Morgan fingerprint density at radius 1 is 1.21 bits per heavy atom. The van der Waals surface area contributed by atoms with Gasteiger partial charge in [-0.15, -0.1) is 0 Å². The van der Waals surface area contributed by atoms with Crippen LogP contribution >= 0.6 is 11.6 Å². The van der Waals surface area contributed by atoms with E-state index in [9.17, 15) is 5.11 Å². The van der Waals surface area contributed by atoms with Crippen molar-refractivity contribution in [2.75, 3.05) is 0 Å². The van der Waals surface area contributed by atoms with Gasteiger partial charge in [-0.25, -0.2) is 0 Å². The van der Waals surface area contributed by atoms with Crippen LogP contribution in [-0.4, -0.2) is 17.3 Å². The average Bonchev–Trinajstić information content (AvgIpc) is 2.28. The summed E-state index contributed by atoms with van der Waals surface area (Å²) in [5.74, 6) is 0.247. The van der Waals surface area contributed by atoms with Crippen LogP contribution in [0.1, 0.15) is 38.7 Å². The summed E-state index contributed by atoms with van der Waals surface area (Å²) in [6.07, 6.45) is 3.11. The van der Waals surface area contributed by atoms with E-state index >= 15 is 0 Å². The van der Waals surface area contributed by atoms with Gasteiger partial charge in [0.1, 0.15) is 12.1 Å². The van der Waals surface area contributed by atoms with Gasteiger partial charge in [-0.2, -0.15) is 0 Å². The molecule has 1 aromatic carbocycles. The van der Waals surface area contributed by atoms with Gasteiger partial charge in [0, 0.05) is 10.4 Å². The predicted molar refractivity (Wildman–Crippen MR) is 74.5 cm³/mol. The van der Waals surface area contributed by atoms with Crippen molar-refractivity contribution in [3.63, 3.8) is 0 Å². The maximum atomic E-state index is 10.3. The topological polar surface area (TPSA) is 47.9 Å². The lowest BCUT2D eigenvalue weighted by atomic mass is 9.58. The maximum Gasteiger partial charge on any atom is 0.121 e. The summed E-state index contributed by atoms with van der Waals surface area (Å²) in [6, 6.07) is 8.10. The van der Waals surface area contributed by atoms with E-state index in [4.69, 9.17) is 11.6 Å². The molecule has 0 amide bonds. The summed E-state index contributed by atoms with van der Waals surface area (Å²) in [5, 5.41) is 11.1. The van der Waals surface area contributed by atoms with E-state index in [2.05, 4.69) is 31.7 Å². The normalized spacial score (nSPS) is 20.3. The molecule has 0 saturated heterocycles. The van der Waals surface area contributed by atoms with Gasteiger partial charge in [-0.3, -0.25) is 0 Å². The number of rotatable bonds is 4. The Morgan fingerprint density at radius 3 is 2.11 bits per heavy atom. The molecule has 2 rings (SSSR count). The van der Waals surface area contributed by atoms with Gasteiger partial charge >= 0.3 is 0 Å². The highest BCUT2D eigenvalue weighted by molar-refractivity contribution is 6.30. The van der Waals surface area contributed by atoms with Gasteiger partial charge in [-0.1, -0.05) is 44.0 Å². The van der Waals surface area contributed by atoms with E-state index in [0.717, 1.165) is 17.9 Å². The van der Waals surface area contributed by atoms with E-state index in [-0.39, 0.29) is 35.9 Å². The Labute approximate surface area is 126 Å². The van der Waals surface area contributed by atoms with E-state index in [0.29, 0.717) is 0 Å². The zero-order valence-electron chi connectivity index (χ0n) is 11.6. The average molecular weight is 304 g/mol. The van der Waals surface area contributed by atoms with Crippen molar-refractivity contribution in [2.24, 2.45) is 5.92 Å². The first-order chi connectivity index (χ1) is 8.47. The summed E-state index contributed by atoms with van der Waals surface area (Å²) in [5.41, 5.74) is 5.59. The Bertz CT molecular complexity index is 401. The maximum absolute atomic E-state index is 10.3. The monoisotopic (exact) mass is 303 g/mol. The van der Waals surface area contributed by atoms with Crippen LogP contribution in [0.5, 0.6) is 0 Å². The molecule has 1 saturated carbocycles. The summed E-state index contributed by atoms with van der Waals surface area (Å²) in [7, 11) is 0. The third kappa shape index (κ3) is 3.08. The molecule has 2 nitrogen and oxygen atoms in total. The number of quaternary nitrogens is 1. The van der Waals surface area contributed by atoms with Crippen molar-refractivity contribution in [2.45, 2.75) is 50.7 Å². The van der Waals surface area contributed by atoms with Crippen LogP contribution in [-0.2, 0) is 5.41 Å². The summed E-state index contributed by atoms with van der Waals surface area (Å²) >= 11 is 5.95. The molecule has 1 fully saturated rings. The molecule has 0 heterocycles.